The van der Waals surface area contributed by atoms with E-state index in [1.54, 1.807) is 12.1 Å². The number of nitriles is 1. The van der Waals surface area contributed by atoms with Gasteiger partial charge in [-0.25, -0.2) is 0 Å². The largest absolute Gasteiger partial charge is 0.392 e. The Morgan fingerprint density at radius 2 is 2.06 bits per heavy atom. The number of hydrogen-bond donors (Lipinski definition) is 3. The predicted octanol–water partition coefficient (Wildman–Crippen LogP) is 1.14. The van der Waals surface area contributed by atoms with Crippen LogP contribution in [0, 0.1) is 11.3 Å². The lowest BCUT2D eigenvalue weighted by Crippen LogP contribution is -2.17. The normalized spacial score (nSPS) is 14.2. The molecule has 1 aromatic carbocycles. The molecular formula is C11H12ClNO3. The summed E-state index contributed by atoms with van der Waals surface area (Å²) in [4.78, 5) is 0. The Kier molecular flexibility index (Phi) is 4.71. The smallest absolute Gasteiger partial charge is 0.106 e. The van der Waals surface area contributed by atoms with Gasteiger partial charge in [-0.2, -0.15) is 5.26 Å². The molecule has 0 fully saturated rings. The molecule has 0 spiro atoms. The molecule has 0 radical (unpaired) electrons. The minimum absolute atomic E-state index is 0.155. The summed E-state index contributed by atoms with van der Waals surface area (Å²) < 4.78 is 0. The summed E-state index contributed by atoms with van der Waals surface area (Å²) in [6.45, 7) is -0.242. The van der Waals surface area contributed by atoms with Crippen molar-refractivity contribution in [1.82, 2.24) is 0 Å². The second-order valence-corrected chi connectivity index (χ2v) is 3.79. The van der Waals surface area contributed by atoms with Crippen LogP contribution in [0.4, 0.5) is 0 Å². The van der Waals surface area contributed by atoms with Crippen LogP contribution in [0.5, 0.6) is 0 Å². The molecule has 0 aliphatic rings. The lowest BCUT2D eigenvalue weighted by Gasteiger charge is -2.16. The third kappa shape index (κ3) is 2.94. The van der Waals surface area contributed by atoms with Crippen LogP contribution in [0.25, 0.3) is 0 Å². The number of hydrogen-bond acceptors (Lipinski definition) is 4. The molecule has 0 amide bonds. The maximum absolute atomic E-state index is 9.71. The van der Waals surface area contributed by atoms with Gasteiger partial charge in [-0.05, 0) is 23.3 Å². The monoisotopic (exact) mass is 241 g/mol. The Bertz CT molecular complexity index is 403. The maximum atomic E-state index is 9.71. The molecule has 2 atom stereocenters. The molecule has 5 heteroatoms. The molecule has 0 heterocycles. The third-order valence-corrected chi connectivity index (χ3v) is 2.62. The van der Waals surface area contributed by atoms with Crippen LogP contribution >= 0.6 is 11.6 Å². The molecule has 86 valence electrons. The van der Waals surface area contributed by atoms with Crippen LogP contribution in [0.2, 0.25) is 5.02 Å². The maximum Gasteiger partial charge on any atom is 0.106 e. The first kappa shape index (κ1) is 12.9. The Labute approximate surface area is 98.3 Å². The fraction of sp³-hybridized carbons (Fsp3) is 0.364. The van der Waals surface area contributed by atoms with Crippen molar-refractivity contribution >= 4 is 11.6 Å². The van der Waals surface area contributed by atoms with Gasteiger partial charge in [0.15, 0.2) is 0 Å². The molecule has 0 bridgehead atoms. The van der Waals surface area contributed by atoms with Crippen molar-refractivity contribution in [2.75, 3.05) is 0 Å². The van der Waals surface area contributed by atoms with Gasteiger partial charge in [0.1, 0.15) is 6.10 Å². The number of halogens is 1. The molecule has 0 aromatic heterocycles. The molecule has 0 aliphatic heterocycles. The van der Waals surface area contributed by atoms with E-state index < -0.39 is 12.2 Å². The number of rotatable bonds is 4. The predicted molar refractivity (Wildman–Crippen MR) is 58.6 cm³/mol. The molecule has 0 saturated heterocycles. The Morgan fingerprint density at radius 3 is 2.62 bits per heavy atom. The minimum atomic E-state index is -1.15. The van der Waals surface area contributed by atoms with Gasteiger partial charge >= 0.3 is 0 Å². The fourth-order valence-electron chi connectivity index (χ4n) is 1.33. The van der Waals surface area contributed by atoms with Gasteiger partial charge in [-0.3, -0.25) is 0 Å². The quantitative estimate of drug-likeness (QED) is 0.738. The van der Waals surface area contributed by atoms with E-state index in [1.165, 1.54) is 12.1 Å². The third-order valence-electron chi connectivity index (χ3n) is 2.25. The van der Waals surface area contributed by atoms with Crippen LogP contribution in [0.3, 0.4) is 0 Å². The molecule has 3 N–H and O–H groups in total. The Hall–Kier alpha value is -1.12. The number of aliphatic hydroxyl groups is 3. The highest BCUT2D eigenvalue weighted by atomic mass is 35.5. The first-order valence-electron chi connectivity index (χ1n) is 4.72. The fourth-order valence-corrected chi connectivity index (χ4v) is 1.50. The molecular weight excluding hydrogens is 230 g/mol. The van der Waals surface area contributed by atoms with Crippen LogP contribution in [0.15, 0.2) is 18.2 Å². The van der Waals surface area contributed by atoms with E-state index >= 15 is 0 Å². The van der Waals surface area contributed by atoms with Crippen LogP contribution < -0.4 is 0 Å². The molecule has 0 saturated carbocycles. The standard InChI is InChI=1S/C11H12ClNO3/c12-9-2-1-7(5-8(9)6-14)11(16)10(15)3-4-13/h1-2,5,10-11,14-16H,3,6H2. The highest BCUT2D eigenvalue weighted by Crippen LogP contribution is 2.24. The summed E-state index contributed by atoms with van der Waals surface area (Å²) in [6, 6.07) is 6.36. The zero-order chi connectivity index (χ0) is 12.1. The molecule has 1 aromatic rings. The van der Waals surface area contributed by atoms with E-state index in [-0.39, 0.29) is 13.0 Å². The minimum Gasteiger partial charge on any atom is -0.392 e. The second-order valence-electron chi connectivity index (χ2n) is 3.38. The van der Waals surface area contributed by atoms with Gasteiger partial charge in [0.05, 0.1) is 25.2 Å². The number of benzene rings is 1. The zero-order valence-electron chi connectivity index (χ0n) is 8.47. The lowest BCUT2D eigenvalue weighted by atomic mass is 10.0. The van der Waals surface area contributed by atoms with Crippen LogP contribution in [0.1, 0.15) is 23.7 Å². The molecule has 2 unspecified atom stereocenters. The van der Waals surface area contributed by atoms with E-state index in [2.05, 4.69) is 0 Å². The summed E-state index contributed by atoms with van der Waals surface area (Å²) in [5.74, 6) is 0. The van der Waals surface area contributed by atoms with E-state index in [9.17, 15) is 10.2 Å². The van der Waals surface area contributed by atoms with Crippen molar-refractivity contribution in [1.29, 1.82) is 5.26 Å². The average molecular weight is 242 g/mol. The average Bonchev–Trinajstić information content (AvgIpc) is 2.29. The summed E-state index contributed by atoms with van der Waals surface area (Å²) in [7, 11) is 0. The van der Waals surface area contributed by atoms with Crippen molar-refractivity contribution in [2.24, 2.45) is 0 Å². The molecule has 0 aliphatic carbocycles. The summed E-state index contributed by atoms with van der Waals surface area (Å²) >= 11 is 5.79. The number of nitrogens with zero attached hydrogens (tertiary/aromatic N) is 1. The highest BCUT2D eigenvalue weighted by molar-refractivity contribution is 6.31. The topological polar surface area (TPSA) is 84.5 Å². The van der Waals surface area contributed by atoms with Crippen LogP contribution in [-0.4, -0.2) is 21.4 Å². The Balaban J connectivity index is 2.92. The van der Waals surface area contributed by atoms with E-state index in [4.69, 9.17) is 22.0 Å². The van der Waals surface area contributed by atoms with Crippen molar-refractivity contribution in [3.63, 3.8) is 0 Å². The summed E-state index contributed by atoms with van der Waals surface area (Å²) in [6.07, 6.45) is -2.45. The Morgan fingerprint density at radius 1 is 1.38 bits per heavy atom. The lowest BCUT2D eigenvalue weighted by molar-refractivity contribution is 0.0215. The molecule has 1 rings (SSSR count). The molecule has 16 heavy (non-hydrogen) atoms. The highest BCUT2D eigenvalue weighted by Gasteiger charge is 2.18. The first-order valence-corrected chi connectivity index (χ1v) is 5.10. The molecule has 4 nitrogen and oxygen atoms in total. The van der Waals surface area contributed by atoms with Crippen molar-refractivity contribution < 1.29 is 15.3 Å². The van der Waals surface area contributed by atoms with Crippen molar-refractivity contribution in [2.45, 2.75) is 25.2 Å². The summed E-state index contributed by atoms with van der Waals surface area (Å²) in [5.41, 5.74) is 0.901. The van der Waals surface area contributed by atoms with Crippen molar-refractivity contribution in [3.05, 3.63) is 34.3 Å². The second kappa shape index (κ2) is 5.83. The van der Waals surface area contributed by atoms with Gasteiger partial charge < -0.3 is 15.3 Å². The van der Waals surface area contributed by atoms with E-state index in [0.717, 1.165) is 0 Å². The summed E-state index contributed by atoms with van der Waals surface area (Å²) in [5, 5.41) is 36.9. The van der Waals surface area contributed by atoms with Gasteiger partial charge in [0.25, 0.3) is 0 Å². The zero-order valence-corrected chi connectivity index (χ0v) is 9.22. The van der Waals surface area contributed by atoms with Gasteiger partial charge in [0.2, 0.25) is 0 Å². The van der Waals surface area contributed by atoms with E-state index in [0.29, 0.717) is 16.1 Å². The number of aliphatic hydroxyl groups excluding tert-OH is 3. The van der Waals surface area contributed by atoms with Crippen LogP contribution in [-0.2, 0) is 6.61 Å². The van der Waals surface area contributed by atoms with E-state index in [1.807, 2.05) is 0 Å². The first-order chi connectivity index (χ1) is 7.60. The van der Waals surface area contributed by atoms with Gasteiger partial charge in [0, 0.05) is 5.02 Å². The van der Waals surface area contributed by atoms with Gasteiger partial charge in [-0.1, -0.05) is 17.7 Å². The SMILES string of the molecule is N#CCC(O)C(O)c1ccc(Cl)c(CO)c1. The van der Waals surface area contributed by atoms with Crippen molar-refractivity contribution in [3.8, 4) is 6.07 Å². The van der Waals surface area contributed by atoms with Gasteiger partial charge in [-0.15, -0.1) is 0 Å².